The lowest BCUT2D eigenvalue weighted by molar-refractivity contribution is -0.133. The highest BCUT2D eigenvalue weighted by molar-refractivity contribution is 6.31. The molecule has 2 N–H and O–H groups in total. The van der Waals surface area contributed by atoms with Crippen molar-refractivity contribution >= 4 is 34.8 Å². The minimum absolute atomic E-state index is 0.0209. The van der Waals surface area contributed by atoms with Crippen LogP contribution in [0, 0.1) is 18.6 Å². The van der Waals surface area contributed by atoms with Crippen molar-refractivity contribution in [3.8, 4) is 11.6 Å². The summed E-state index contributed by atoms with van der Waals surface area (Å²) < 4.78 is 33.8. The fourth-order valence-electron chi connectivity index (χ4n) is 4.12. The van der Waals surface area contributed by atoms with Crippen LogP contribution in [0.15, 0.2) is 41.2 Å². The smallest absolute Gasteiger partial charge is 0.280 e. The average Bonchev–Trinajstić information content (AvgIpc) is 3.24. The highest BCUT2D eigenvalue weighted by Gasteiger charge is 2.39. The molecule has 10 nitrogen and oxygen atoms in total. The van der Waals surface area contributed by atoms with Crippen molar-refractivity contribution in [2.45, 2.75) is 33.0 Å². The molecule has 0 unspecified atom stereocenters. The average molecular weight is 562 g/mol. The molecule has 1 aliphatic heterocycles. The number of nitrogens with zero attached hydrogens (tertiary/aromatic N) is 4. The van der Waals surface area contributed by atoms with E-state index in [1.807, 2.05) is 0 Å². The van der Waals surface area contributed by atoms with E-state index in [4.69, 9.17) is 16.3 Å². The number of amides is 2. The monoisotopic (exact) mass is 561 g/mol. The lowest BCUT2D eigenvalue weighted by Gasteiger charge is -2.25. The fourth-order valence-corrected chi connectivity index (χ4v) is 4.30. The molecule has 2 heterocycles. The molecule has 13 heteroatoms. The van der Waals surface area contributed by atoms with E-state index in [0.717, 1.165) is 6.07 Å². The standard InChI is InChI=1S/C26H26ClF2N5O5/c1-14-31-23(39-12-15-5-6-16(28)9-18(15)29)22(27)24(36)34(14)17-7-8-19-20(10-17)33(25(37)26(2,3)38)13-32(19)21(35)11-30-4/h5-10,30,38H,11-13H2,1-4H3. The van der Waals surface area contributed by atoms with E-state index in [1.54, 1.807) is 19.2 Å². The van der Waals surface area contributed by atoms with Crippen molar-refractivity contribution in [1.29, 1.82) is 0 Å². The minimum atomic E-state index is -1.73. The highest BCUT2D eigenvalue weighted by Crippen LogP contribution is 2.39. The second-order valence-corrected chi connectivity index (χ2v) is 9.78. The molecular weight excluding hydrogens is 536 g/mol. The van der Waals surface area contributed by atoms with Gasteiger partial charge >= 0.3 is 0 Å². The molecule has 0 fully saturated rings. The number of likely N-dealkylation sites (N-methyl/N-ethyl adjacent to an activating group) is 1. The number of nitrogens with one attached hydrogen (secondary N) is 1. The summed E-state index contributed by atoms with van der Waals surface area (Å²) in [4.78, 5) is 45.9. The van der Waals surface area contributed by atoms with Gasteiger partial charge in [-0.1, -0.05) is 11.6 Å². The molecule has 0 saturated heterocycles. The Labute approximate surface area is 227 Å². The van der Waals surface area contributed by atoms with Gasteiger partial charge in [0, 0.05) is 11.6 Å². The van der Waals surface area contributed by atoms with Gasteiger partial charge in [0.1, 0.15) is 36.3 Å². The van der Waals surface area contributed by atoms with Crippen LogP contribution < -0.4 is 25.4 Å². The Kier molecular flexibility index (Phi) is 7.73. The van der Waals surface area contributed by atoms with Crippen LogP contribution in [0.1, 0.15) is 25.2 Å². The van der Waals surface area contributed by atoms with E-state index < -0.39 is 28.7 Å². The molecule has 4 rings (SSSR count). The van der Waals surface area contributed by atoms with Crippen LogP contribution >= 0.6 is 11.6 Å². The fraction of sp³-hybridized carbons (Fsp3) is 0.308. The third-order valence-corrected chi connectivity index (χ3v) is 6.35. The lowest BCUT2D eigenvalue weighted by Crippen LogP contribution is -2.48. The lowest BCUT2D eigenvalue weighted by atomic mass is 10.1. The van der Waals surface area contributed by atoms with E-state index in [0.29, 0.717) is 23.1 Å². The molecule has 2 amide bonds. The normalized spacial score (nSPS) is 13.0. The van der Waals surface area contributed by atoms with Gasteiger partial charge in [0.25, 0.3) is 11.5 Å². The Morgan fingerprint density at radius 3 is 2.51 bits per heavy atom. The molecular formula is C26H26ClF2N5O5. The first kappa shape index (κ1) is 28.1. The number of aromatic nitrogens is 2. The number of anilines is 2. The van der Waals surface area contributed by atoms with Crippen molar-refractivity contribution in [3.05, 3.63) is 74.8 Å². The maximum absolute atomic E-state index is 14.0. The summed E-state index contributed by atoms with van der Waals surface area (Å²) in [5.74, 6) is -2.56. The van der Waals surface area contributed by atoms with Crippen LogP contribution in [0.25, 0.3) is 5.69 Å². The SMILES string of the molecule is CNCC(=O)N1CN(C(=O)C(C)(C)O)c2cc(-n3c(C)nc(OCc4ccc(F)cc4F)c(Cl)c3=O)ccc21. The molecule has 39 heavy (non-hydrogen) atoms. The molecule has 0 bridgehead atoms. The Bertz CT molecular complexity index is 1520. The number of aliphatic hydroxyl groups is 1. The van der Waals surface area contributed by atoms with Gasteiger partial charge in [-0.05, 0) is 58.2 Å². The summed E-state index contributed by atoms with van der Waals surface area (Å²) in [7, 11) is 1.62. The van der Waals surface area contributed by atoms with E-state index in [9.17, 15) is 28.3 Å². The number of fused-ring (bicyclic) bond motifs is 1. The van der Waals surface area contributed by atoms with Crippen LogP contribution in [0.5, 0.6) is 5.88 Å². The molecule has 0 radical (unpaired) electrons. The molecule has 2 aromatic carbocycles. The zero-order valence-corrected chi connectivity index (χ0v) is 22.3. The number of hydrogen-bond donors (Lipinski definition) is 2. The summed E-state index contributed by atoms with van der Waals surface area (Å²) in [5.41, 5.74) is -1.36. The van der Waals surface area contributed by atoms with Gasteiger partial charge in [-0.15, -0.1) is 0 Å². The van der Waals surface area contributed by atoms with Gasteiger partial charge in [-0.2, -0.15) is 4.98 Å². The van der Waals surface area contributed by atoms with Crippen molar-refractivity contribution in [3.63, 3.8) is 0 Å². The zero-order chi connectivity index (χ0) is 28.6. The van der Waals surface area contributed by atoms with Crippen molar-refractivity contribution < 1.29 is 28.2 Å². The van der Waals surface area contributed by atoms with Gasteiger partial charge in [0.2, 0.25) is 11.8 Å². The highest BCUT2D eigenvalue weighted by atomic mass is 35.5. The first-order chi connectivity index (χ1) is 18.3. The number of benzene rings is 2. The number of aryl methyl sites for hydroxylation is 1. The zero-order valence-electron chi connectivity index (χ0n) is 21.6. The molecule has 0 spiro atoms. The predicted octanol–water partition coefficient (Wildman–Crippen LogP) is 2.68. The van der Waals surface area contributed by atoms with E-state index in [2.05, 4.69) is 10.3 Å². The number of ether oxygens (including phenoxy) is 1. The number of halogens is 3. The summed E-state index contributed by atoms with van der Waals surface area (Å²) in [6, 6.07) is 7.67. The molecule has 1 aromatic heterocycles. The van der Waals surface area contributed by atoms with Gasteiger partial charge in [-0.3, -0.25) is 28.8 Å². The summed E-state index contributed by atoms with van der Waals surface area (Å²) >= 11 is 6.28. The van der Waals surface area contributed by atoms with Crippen LogP contribution in [0.4, 0.5) is 20.2 Å². The Morgan fingerprint density at radius 1 is 1.15 bits per heavy atom. The largest absolute Gasteiger partial charge is 0.471 e. The molecule has 0 aliphatic carbocycles. The van der Waals surface area contributed by atoms with Gasteiger partial charge in [-0.25, -0.2) is 8.78 Å². The van der Waals surface area contributed by atoms with Crippen LogP contribution in [-0.2, 0) is 16.2 Å². The van der Waals surface area contributed by atoms with Crippen molar-refractivity contribution in [2.24, 2.45) is 0 Å². The third kappa shape index (κ3) is 5.49. The number of rotatable bonds is 7. The second kappa shape index (κ2) is 10.7. The molecule has 1 aliphatic rings. The molecule has 3 aromatic rings. The van der Waals surface area contributed by atoms with Crippen molar-refractivity contribution in [2.75, 3.05) is 30.1 Å². The van der Waals surface area contributed by atoms with Crippen LogP contribution in [0.2, 0.25) is 5.02 Å². The first-order valence-electron chi connectivity index (χ1n) is 11.8. The summed E-state index contributed by atoms with van der Waals surface area (Å²) in [6.07, 6.45) is 0. The van der Waals surface area contributed by atoms with Gasteiger partial charge in [0.15, 0.2) is 5.02 Å². The maximum Gasteiger partial charge on any atom is 0.280 e. The van der Waals surface area contributed by atoms with Crippen molar-refractivity contribution in [1.82, 2.24) is 14.9 Å². The Hall–Kier alpha value is -3.87. The van der Waals surface area contributed by atoms with E-state index in [-0.39, 0.29) is 48.0 Å². The molecule has 206 valence electrons. The topological polar surface area (TPSA) is 117 Å². The van der Waals surface area contributed by atoms with E-state index >= 15 is 0 Å². The second-order valence-electron chi connectivity index (χ2n) is 9.40. The summed E-state index contributed by atoms with van der Waals surface area (Å²) in [6.45, 7) is 3.76. The summed E-state index contributed by atoms with van der Waals surface area (Å²) in [5, 5.41) is 12.8. The third-order valence-electron chi connectivity index (χ3n) is 6.02. The number of carbonyl (C=O) groups excluding carboxylic acids is 2. The predicted molar refractivity (Wildman–Crippen MR) is 140 cm³/mol. The minimum Gasteiger partial charge on any atom is -0.471 e. The first-order valence-corrected chi connectivity index (χ1v) is 12.2. The number of hydrogen-bond acceptors (Lipinski definition) is 7. The molecule has 0 atom stereocenters. The van der Waals surface area contributed by atoms with Crippen LogP contribution in [-0.4, -0.2) is 52.3 Å². The Balaban J connectivity index is 1.73. The Morgan fingerprint density at radius 2 is 1.87 bits per heavy atom. The quantitative estimate of drug-likeness (QED) is 0.455. The van der Waals surface area contributed by atoms with E-state index in [1.165, 1.54) is 47.3 Å². The molecule has 0 saturated carbocycles. The van der Waals surface area contributed by atoms with Gasteiger partial charge in [0.05, 0.1) is 23.6 Å². The van der Waals surface area contributed by atoms with Gasteiger partial charge < -0.3 is 15.2 Å². The maximum atomic E-state index is 14.0. The number of carbonyl (C=O) groups is 2. The van der Waals surface area contributed by atoms with Crippen LogP contribution in [0.3, 0.4) is 0 Å².